The van der Waals surface area contributed by atoms with Crippen LogP contribution in [0.15, 0.2) is 6.07 Å². The van der Waals surface area contributed by atoms with Crippen molar-refractivity contribution in [2.45, 2.75) is 26.2 Å². The molecule has 0 fully saturated rings. The number of aromatic nitrogens is 2. The van der Waals surface area contributed by atoms with Gasteiger partial charge in [-0.3, -0.25) is 0 Å². The molecule has 0 radical (unpaired) electrons. The van der Waals surface area contributed by atoms with Crippen molar-refractivity contribution in [1.29, 1.82) is 0 Å². The molecule has 0 amide bonds. The second-order valence-electron chi connectivity index (χ2n) is 3.29. The summed E-state index contributed by atoms with van der Waals surface area (Å²) >= 11 is 0. The predicted molar refractivity (Wildman–Crippen MR) is 52.4 cm³/mol. The summed E-state index contributed by atoms with van der Waals surface area (Å²) in [4.78, 5) is 18.8. The van der Waals surface area contributed by atoms with E-state index in [2.05, 4.69) is 9.97 Å². The number of ether oxygens (including phenoxy) is 1. The van der Waals surface area contributed by atoms with Gasteiger partial charge in [-0.25, -0.2) is 4.98 Å². The molecule has 1 rings (SSSR count). The summed E-state index contributed by atoms with van der Waals surface area (Å²) in [5, 5.41) is 0. The van der Waals surface area contributed by atoms with Crippen LogP contribution in [-0.2, 0) is 11.2 Å². The summed E-state index contributed by atoms with van der Waals surface area (Å²) in [6, 6.07) is 1.68. The highest BCUT2D eigenvalue weighted by Crippen LogP contribution is 2.15. The Morgan fingerprint density at radius 2 is 2.21 bits per heavy atom. The molecule has 0 saturated carbocycles. The molecule has 1 aromatic rings. The lowest BCUT2D eigenvalue weighted by Crippen LogP contribution is -2.03. The van der Waals surface area contributed by atoms with E-state index < -0.39 is 0 Å². The van der Waals surface area contributed by atoms with Crippen LogP contribution < -0.4 is 4.74 Å². The minimum Gasteiger partial charge on any atom is -0.481 e. The van der Waals surface area contributed by atoms with Crippen LogP contribution in [0.1, 0.15) is 31.3 Å². The molecule has 0 N–H and O–H groups in total. The van der Waals surface area contributed by atoms with Crippen molar-refractivity contribution in [3.05, 3.63) is 17.6 Å². The number of rotatable bonds is 4. The fourth-order valence-electron chi connectivity index (χ4n) is 1.04. The van der Waals surface area contributed by atoms with Crippen molar-refractivity contribution in [2.24, 2.45) is 0 Å². The molecule has 14 heavy (non-hydrogen) atoms. The minimum absolute atomic E-state index is 0.232. The Balaban J connectivity index is 3.06. The summed E-state index contributed by atoms with van der Waals surface area (Å²) < 4.78 is 5.02. The molecular formula is C10H14N2O2. The van der Waals surface area contributed by atoms with Crippen LogP contribution in [0, 0.1) is 0 Å². The zero-order valence-electron chi connectivity index (χ0n) is 8.65. The third-order valence-electron chi connectivity index (χ3n) is 1.79. The van der Waals surface area contributed by atoms with Gasteiger partial charge < -0.3 is 9.53 Å². The fourth-order valence-corrected chi connectivity index (χ4v) is 1.04. The van der Waals surface area contributed by atoms with Gasteiger partial charge in [-0.15, -0.1) is 0 Å². The standard InChI is InChI=1S/C10H14N2O2/c1-7(2)10-11-8(4-5-13)6-9(12-10)14-3/h5-7H,4H2,1-3H3. The maximum absolute atomic E-state index is 10.4. The van der Waals surface area contributed by atoms with E-state index in [1.165, 1.54) is 0 Å². The number of carbonyl (C=O) groups is 1. The summed E-state index contributed by atoms with van der Waals surface area (Å²) in [5.74, 6) is 1.46. The topological polar surface area (TPSA) is 52.1 Å². The Labute approximate surface area is 83.3 Å². The van der Waals surface area contributed by atoms with E-state index >= 15 is 0 Å². The maximum Gasteiger partial charge on any atom is 0.216 e. The summed E-state index contributed by atoms with van der Waals surface area (Å²) in [7, 11) is 1.55. The van der Waals surface area contributed by atoms with Gasteiger partial charge in [0.25, 0.3) is 0 Å². The van der Waals surface area contributed by atoms with Crippen LogP contribution >= 0.6 is 0 Å². The Bertz CT molecular complexity index is 324. The quantitative estimate of drug-likeness (QED) is 0.679. The van der Waals surface area contributed by atoms with Crippen LogP contribution in [0.2, 0.25) is 0 Å². The largest absolute Gasteiger partial charge is 0.481 e. The monoisotopic (exact) mass is 194 g/mol. The van der Waals surface area contributed by atoms with Crippen molar-refractivity contribution in [1.82, 2.24) is 9.97 Å². The Hall–Kier alpha value is -1.45. The molecule has 0 saturated heterocycles. The smallest absolute Gasteiger partial charge is 0.216 e. The highest BCUT2D eigenvalue weighted by molar-refractivity contribution is 5.53. The van der Waals surface area contributed by atoms with Gasteiger partial charge in [0, 0.05) is 18.4 Å². The van der Waals surface area contributed by atoms with E-state index in [1.807, 2.05) is 13.8 Å². The zero-order valence-corrected chi connectivity index (χ0v) is 8.65. The molecule has 0 bridgehead atoms. The van der Waals surface area contributed by atoms with Gasteiger partial charge in [0.05, 0.1) is 12.8 Å². The van der Waals surface area contributed by atoms with Gasteiger partial charge in [0.15, 0.2) is 0 Å². The van der Waals surface area contributed by atoms with E-state index in [0.717, 1.165) is 6.29 Å². The lowest BCUT2D eigenvalue weighted by molar-refractivity contribution is -0.107. The lowest BCUT2D eigenvalue weighted by Gasteiger charge is -2.07. The Morgan fingerprint density at radius 1 is 1.50 bits per heavy atom. The van der Waals surface area contributed by atoms with Crippen molar-refractivity contribution in [3.63, 3.8) is 0 Å². The first-order chi connectivity index (χ1) is 6.67. The Morgan fingerprint density at radius 3 is 2.71 bits per heavy atom. The van der Waals surface area contributed by atoms with Crippen LogP contribution in [0.3, 0.4) is 0 Å². The molecule has 0 aliphatic rings. The predicted octanol–water partition coefficient (Wildman–Crippen LogP) is 1.35. The second-order valence-corrected chi connectivity index (χ2v) is 3.29. The highest BCUT2D eigenvalue weighted by Gasteiger charge is 2.07. The lowest BCUT2D eigenvalue weighted by atomic mass is 10.2. The van der Waals surface area contributed by atoms with E-state index in [0.29, 0.717) is 23.8 Å². The van der Waals surface area contributed by atoms with E-state index in [-0.39, 0.29) is 5.92 Å². The molecular weight excluding hydrogens is 180 g/mol. The number of carbonyl (C=O) groups excluding carboxylic acids is 1. The molecule has 0 aromatic carbocycles. The van der Waals surface area contributed by atoms with Crippen molar-refractivity contribution >= 4 is 6.29 Å². The molecule has 1 aromatic heterocycles. The maximum atomic E-state index is 10.4. The average molecular weight is 194 g/mol. The first kappa shape index (κ1) is 10.6. The number of hydrogen-bond acceptors (Lipinski definition) is 4. The van der Waals surface area contributed by atoms with Gasteiger partial charge in [-0.2, -0.15) is 4.98 Å². The third-order valence-corrected chi connectivity index (χ3v) is 1.79. The van der Waals surface area contributed by atoms with Crippen LogP contribution in [0.4, 0.5) is 0 Å². The molecule has 0 aliphatic carbocycles. The summed E-state index contributed by atoms with van der Waals surface area (Å²) in [6.45, 7) is 4.00. The van der Waals surface area contributed by atoms with Crippen molar-refractivity contribution in [3.8, 4) is 5.88 Å². The molecule has 76 valence electrons. The Kier molecular flexibility index (Phi) is 3.56. The third kappa shape index (κ3) is 2.52. The van der Waals surface area contributed by atoms with Gasteiger partial charge in [0.2, 0.25) is 5.88 Å². The van der Waals surface area contributed by atoms with Gasteiger partial charge >= 0.3 is 0 Å². The molecule has 0 atom stereocenters. The minimum atomic E-state index is 0.232. The van der Waals surface area contributed by atoms with E-state index in [9.17, 15) is 4.79 Å². The average Bonchev–Trinajstić information content (AvgIpc) is 2.17. The first-order valence-electron chi connectivity index (χ1n) is 4.53. The van der Waals surface area contributed by atoms with Crippen molar-refractivity contribution in [2.75, 3.05) is 7.11 Å². The van der Waals surface area contributed by atoms with Gasteiger partial charge in [0.1, 0.15) is 12.1 Å². The van der Waals surface area contributed by atoms with Gasteiger partial charge in [-0.1, -0.05) is 13.8 Å². The number of aldehydes is 1. The van der Waals surface area contributed by atoms with Crippen molar-refractivity contribution < 1.29 is 9.53 Å². The highest BCUT2D eigenvalue weighted by atomic mass is 16.5. The number of hydrogen-bond donors (Lipinski definition) is 0. The molecule has 0 unspecified atom stereocenters. The number of methoxy groups -OCH3 is 1. The SMILES string of the molecule is COc1cc(CC=O)nc(C(C)C)n1. The molecule has 1 heterocycles. The number of nitrogens with zero attached hydrogens (tertiary/aromatic N) is 2. The summed E-state index contributed by atoms with van der Waals surface area (Å²) in [6.07, 6.45) is 1.13. The van der Waals surface area contributed by atoms with Gasteiger partial charge in [-0.05, 0) is 0 Å². The van der Waals surface area contributed by atoms with Crippen LogP contribution in [0.5, 0.6) is 5.88 Å². The van der Waals surface area contributed by atoms with E-state index in [4.69, 9.17) is 4.74 Å². The summed E-state index contributed by atoms with van der Waals surface area (Å²) in [5.41, 5.74) is 0.704. The zero-order chi connectivity index (χ0) is 10.6. The van der Waals surface area contributed by atoms with Crippen LogP contribution in [0.25, 0.3) is 0 Å². The first-order valence-corrected chi connectivity index (χ1v) is 4.53. The van der Waals surface area contributed by atoms with Crippen LogP contribution in [-0.4, -0.2) is 23.4 Å². The molecule has 4 heteroatoms. The molecule has 0 spiro atoms. The van der Waals surface area contributed by atoms with E-state index in [1.54, 1.807) is 13.2 Å². The molecule has 4 nitrogen and oxygen atoms in total. The fraction of sp³-hybridized carbons (Fsp3) is 0.500. The molecule has 0 aliphatic heterocycles. The second kappa shape index (κ2) is 4.69. The normalized spacial score (nSPS) is 10.3.